The number of rotatable bonds is 0. The fourth-order valence-electron chi connectivity index (χ4n) is 0.385. The van der Waals surface area contributed by atoms with Crippen LogP contribution in [0.3, 0.4) is 0 Å². The maximum atomic E-state index is 8.74. The molecule has 1 aromatic carbocycles. The molecule has 6 heteroatoms. The summed E-state index contributed by atoms with van der Waals surface area (Å²) in [4.78, 5) is 0. The smallest absolute Gasteiger partial charge is 0.394 e. The normalized spacial score (nSPS) is 8.62. The van der Waals surface area contributed by atoms with Crippen molar-refractivity contribution >= 4 is 10.4 Å². The van der Waals surface area contributed by atoms with Crippen LogP contribution < -0.4 is 0 Å². The van der Waals surface area contributed by atoms with E-state index in [1.807, 2.05) is 36.4 Å². The van der Waals surface area contributed by atoms with Gasteiger partial charge in [0, 0.05) is 7.11 Å². The molecule has 0 unspecified atom stereocenters. The topological polar surface area (TPSA) is 94.8 Å². The molecule has 76 valence electrons. The molecule has 0 aliphatic heterocycles. The largest absolute Gasteiger partial charge is 0.400 e. The van der Waals surface area contributed by atoms with Crippen molar-refractivity contribution in [3.63, 3.8) is 0 Å². The first-order chi connectivity index (χ1) is 6.00. The molecule has 3 N–H and O–H groups in total. The van der Waals surface area contributed by atoms with E-state index in [9.17, 15) is 0 Å². The Labute approximate surface area is 77.2 Å². The van der Waals surface area contributed by atoms with Gasteiger partial charge in [0.1, 0.15) is 0 Å². The van der Waals surface area contributed by atoms with Gasteiger partial charge < -0.3 is 5.11 Å². The highest BCUT2D eigenvalue weighted by Crippen LogP contribution is 1.79. The highest BCUT2D eigenvalue weighted by Gasteiger charge is 1.84. The van der Waals surface area contributed by atoms with Crippen LogP contribution in [0.5, 0.6) is 0 Å². The minimum absolute atomic E-state index is 1.00. The van der Waals surface area contributed by atoms with Crippen molar-refractivity contribution in [3.05, 3.63) is 36.4 Å². The molecule has 0 fully saturated rings. The molecule has 1 aromatic rings. The van der Waals surface area contributed by atoms with E-state index in [4.69, 9.17) is 22.6 Å². The monoisotopic (exact) mass is 208 g/mol. The number of aliphatic hydroxyl groups is 1. The van der Waals surface area contributed by atoms with Crippen molar-refractivity contribution in [2.45, 2.75) is 0 Å². The zero-order valence-corrected chi connectivity index (χ0v) is 7.85. The van der Waals surface area contributed by atoms with E-state index in [1.54, 1.807) is 0 Å². The molecule has 1 rings (SSSR count). The maximum absolute atomic E-state index is 8.74. The van der Waals surface area contributed by atoms with Gasteiger partial charge in [0.25, 0.3) is 0 Å². The summed E-state index contributed by atoms with van der Waals surface area (Å²) in [7, 11) is -3.67. The Balaban J connectivity index is 0. The molecule has 0 saturated carbocycles. The Morgan fingerprint density at radius 3 is 0.923 bits per heavy atom. The average molecular weight is 208 g/mol. The van der Waals surface area contributed by atoms with Gasteiger partial charge in [-0.25, -0.2) is 0 Å². The quantitative estimate of drug-likeness (QED) is 0.544. The van der Waals surface area contributed by atoms with E-state index in [2.05, 4.69) is 0 Å². The highest BCUT2D eigenvalue weighted by molar-refractivity contribution is 7.79. The van der Waals surface area contributed by atoms with Crippen molar-refractivity contribution in [2.75, 3.05) is 7.11 Å². The predicted octanol–water partition coefficient (Wildman–Crippen LogP) is 0.642. The van der Waals surface area contributed by atoms with Crippen LogP contribution in [-0.4, -0.2) is 29.7 Å². The lowest BCUT2D eigenvalue weighted by Crippen LogP contribution is -1.89. The van der Waals surface area contributed by atoms with Gasteiger partial charge in [-0.05, 0) is 0 Å². The van der Waals surface area contributed by atoms with Crippen molar-refractivity contribution < 1.29 is 22.6 Å². The number of aliphatic hydroxyl groups excluding tert-OH is 1. The lowest BCUT2D eigenvalue weighted by molar-refractivity contribution is 0.381. The van der Waals surface area contributed by atoms with Gasteiger partial charge in [0.15, 0.2) is 0 Å². The molecule has 0 amide bonds. The minimum Gasteiger partial charge on any atom is -0.400 e. The van der Waals surface area contributed by atoms with E-state index in [-0.39, 0.29) is 0 Å². The van der Waals surface area contributed by atoms with E-state index in [1.165, 1.54) is 0 Å². The predicted molar refractivity (Wildman–Crippen MR) is 48.8 cm³/mol. The standard InChI is InChI=1S/C6H6.CH4O.H2O4S/c1-2-4-6-5-3-1;1-2;1-5(2,3)4/h1-6H;2H,1H3;(H2,1,2,3,4). The molecule has 0 aliphatic carbocycles. The van der Waals surface area contributed by atoms with Gasteiger partial charge in [-0.3, -0.25) is 9.11 Å². The van der Waals surface area contributed by atoms with Crippen LogP contribution >= 0.6 is 0 Å². The van der Waals surface area contributed by atoms with Crippen LogP contribution in [0.2, 0.25) is 0 Å². The molecule has 0 radical (unpaired) electrons. The van der Waals surface area contributed by atoms with Gasteiger partial charge in [-0.2, -0.15) is 8.42 Å². The van der Waals surface area contributed by atoms with Gasteiger partial charge in [0.05, 0.1) is 0 Å². The molecule has 0 bridgehead atoms. The van der Waals surface area contributed by atoms with Crippen LogP contribution in [0.15, 0.2) is 36.4 Å². The van der Waals surface area contributed by atoms with Gasteiger partial charge >= 0.3 is 10.4 Å². The third-order valence-electron chi connectivity index (χ3n) is 0.667. The van der Waals surface area contributed by atoms with E-state index in [0.29, 0.717) is 0 Å². The number of benzene rings is 1. The number of hydrogen-bond acceptors (Lipinski definition) is 3. The van der Waals surface area contributed by atoms with E-state index < -0.39 is 10.4 Å². The van der Waals surface area contributed by atoms with E-state index in [0.717, 1.165) is 7.11 Å². The molecule has 0 aliphatic rings. The first-order valence-corrected chi connectivity index (χ1v) is 4.54. The van der Waals surface area contributed by atoms with Gasteiger partial charge in [0.2, 0.25) is 0 Å². The Bertz CT molecular complexity index is 233. The summed E-state index contributed by atoms with van der Waals surface area (Å²) in [6.07, 6.45) is 0. The van der Waals surface area contributed by atoms with Crippen molar-refractivity contribution in [1.82, 2.24) is 0 Å². The molecule has 5 nitrogen and oxygen atoms in total. The summed E-state index contributed by atoms with van der Waals surface area (Å²) < 4.78 is 31.6. The zero-order chi connectivity index (χ0) is 10.7. The highest BCUT2D eigenvalue weighted by atomic mass is 32.3. The van der Waals surface area contributed by atoms with Crippen LogP contribution in [0.1, 0.15) is 0 Å². The van der Waals surface area contributed by atoms with Crippen molar-refractivity contribution in [2.24, 2.45) is 0 Å². The third kappa shape index (κ3) is 35.5. The fourth-order valence-corrected chi connectivity index (χ4v) is 0.385. The first-order valence-electron chi connectivity index (χ1n) is 3.15. The first kappa shape index (κ1) is 14.6. The maximum Gasteiger partial charge on any atom is 0.394 e. The Hall–Kier alpha value is -0.950. The summed E-state index contributed by atoms with van der Waals surface area (Å²) in [6, 6.07) is 12.0. The summed E-state index contributed by atoms with van der Waals surface area (Å²) in [5, 5.41) is 7.00. The van der Waals surface area contributed by atoms with Crippen LogP contribution in [0.25, 0.3) is 0 Å². The SMILES string of the molecule is CO.O=S(=O)(O)O.c1ccccc1. The minimum atomic E-state index is -4.67. The summed E-state index contributed by atoms with van der Waals surface area (Å²) in [5.41, 5.74) is 0. The molecular weight excluding hydrogens is 196 g/mol. The Morgan fingerprint density at radius 2 is 0.846 bits per heavy atom. The molecule has 0 heterocycles. The van der Waals surface area contributed by atoms with Crippen LogP contribution in [0, 0.1) is 0 Å². The Kier molecular flexibility index (Phi) is 10.2. The second kappa shape index (κ2) is 9.14. The van der Waals surface area contributed by atoms with E-state index >= 15 is 0 Å². The second-order valence-electron chi connectivity index (χ2n) is 1.60. The van der Waals surface area contributed by atoms with Crippen molar-refractivity contribution in [3.8, 4) is 0 Å². The molecular formula is C7H12O5S. The molecule has 0 atom stereocenters. The van der Waals surface area contributed by atoms with Crippen LogP contribution in [-0.2, 0) is 10.4 Å². The average Bonchev–Trinajstić information content (AvgIpc) is 2.08. The van der Waals surface area contributed by atoms with Gasteiger partial charge in [-0.15, -0.1) is 0 Å². The lowest BCUT2D eigenvalue weighted by Gasteiger charge is -1.69. The molecule has 0 saturated heterocycles. The number of hydrogen-bond donors (Lipinski definition) is 3. The lowest BCUT2D eigenvalue weighted by atomic mass is 10.4. The fraction of sp³-hybridized carbons (Fsp3) is 0.143. The second-order valence-corrected chi connectivity index (χ2v) is 2.50. The zero-order valence-electron chi connectivity index (χ0n) is 7.03. The third-order valence-corrected chi connectivity index (χ3v) is 0.667. The Morgan fingerprint density at radius 1 is 0.769 bits per heavy atom. The van der Waals surface area contributed by atoms with Crippen molar-refractivity contribution in [1.29, 1.82) is 0 Å². The molecule has 0 aromatic heterocycles. The molecule has 0 spiro atoms. The summed E-state index contributed by atoms with van der Waals surface area (Å²) >= 11 is 0. The summed E-state index contributed by atoms with van der Waals surface area (Å²) in [5.74, 6) is 0. The van der Waals surface area contributed by atoms with Gasteiger partial charge in [-0.1, -0.05) is 36.4 Å². The molecule has 13 heavy (non-hydrogen) atoms. The van der Waals surface area contributed by atoms with Crippen LogP contribution in [0.4, 0.5) is 0 Å². The summed E-state index contributed by atoms with van der Waals surface area (Å²) in [6.45, 7) is 0.